The van der Waals surface area contributed by atoms with Crippen LogP contribution in [0, 0.1) is 0 Å². The van der Waals surface area contributed by atoms with Crippen molar-refractivity contribution in [3.8, 4) is 17.2 Å². The molecule has 0 aliphatic carbocycles. The van der Waals surface area contributed by atoms with Crippen LogP contribution >= 0.6 is 0 Å². The standard InChI is InChI=1S/C17H24N2O7/c1-5-23-12-8-11(9-13(24-6-2)14(12)25-7-3)16(21)26-10(4)15(20)19-17(18)22/h8-10H,5-7H2,1-4H3,(H3,18,19,20,22)/t10-/m0/s1. The Bertz CT molecular complexity index is 634. The maximum absolute atomic E-state index is 12.4. The van der Waals surface area contributed by atoms with Crippen LogP contribution in [-0.4, -0.2) is 43.8 Å². The maximum atomic E-state index is 12.4. The molecule has 0 unspecified atom stereocenters. The van der Waals surface area contributed by atoms with Gasteiger partial charge in [0, 0.05) is 0 Å². The second-order valence-corrected chi connectivity index (χ2v) is 5.00. The van der Waals surface area contributed by atoms with Crippen molar-refractivity contribution < 1.29 is 33.3 Å². The van der Waals surface area contributed by atoms with Gasteiger partial charge in [0.2, 0.25) is 5.75 Å². The van der Waals surface area contributed by atoms with Crippen LogP contribution in [0.2, 0.25) is 0 Å². The van der Waals surface area contributed by atoms with Crippen molar-refractivity contribution in [3.05, 3.63) is 17.7 Å². The van der Waals surface area contributed by atoms with Gasteiger partial charge in [0.1, 0.15) is 0 Å². The fraction of sp³-hybridized carbons (Fsp3) is 0.471. The number of benzene rings is 1. The SMILES string of the molecule is CCOc1cc(C(=O)O[C@@H](C)C(=O)NC(N)=O)cc(OCC)c1OCC. The molecule has 0 heterocycles. The van der Waals surface area contributed by atoms with E-state index in [4.69, 9.17) is 24.7 Å². The predicted octanol–water partition coefficient (Wildman–Crippen LogP) is 1.62. The molecule has 0 aliphatic rings. The number of hydrogen-bond acceptors (Lipinski definition) is 7. The molecule has 1 atom stereocenters. The van der Waals surface area contributed by atoms with E-state index in [1.807, 2.05) is 12.2 Å². The average molecular weight is 368 g/mol. The first kappa shape index (κ1) is 21.1. The number of amides is 3. The summed E-state index contributed by atoms with van der Waals surface area (Å²) in [7, 11) is 0. The summed E-state index contributed by atoms with van der Waals surface area (Å²) in [5, 5.41) is 1.84. The number of urea groups is 1. The normalized spacial score (nSPS) is 11.2. The van der Waals surface area contributed by atoms with E-state index in [9.17, 15) is 14.4 Å². The Labute approximate surface area is 151 Å². The Morgan fingerprint density at radius 3 is 1.92 bits per heavy atom. The van der Waals surface area contributed by atoms with Crippen LogP contribution in [0.4, 0.5) is 4.79 Å². The van der Waals surface area contributed by atoms with E-state index in [-0.39, 0.29) is 5.56 Å². The van der Waals surface area contributed by atoms with Crippen LogP contribution in [0.5, 0.6) is 17.2 Å². The number of nitrogens with two attached hydrogens (primary N) is 1. The van der Waals surface area contributed by atoms with E-state index in [0.717, 1.165) is 0 Å². The average Bonchev–Trinajstić information content (AvgIpc) is 2.57. The third kappa shape index (κ3) is 5.83. The largest absolute Gasteiger partial charge is 0.490 e. The van der Waals surface area contributed by atoms with Crippen LogP contribution < -0.4 is 25.3 Å². The number of carbonyl (C=O) groups is 3. The summed E-state index contributed by atoms with van der Waals surface area (Å²) in [5.41, 5.74) is 4.98. The minimum Gasteiger partial charge on any atom is -0.490 e. The van der Waals surface area contributed by atoms with E-state index in [1.54, 1.807) is 13.8 Å². The molecule has 0 bridgehead atoms. The van der Waals surface area contributed by atoms with Gasteiger partial charge >= 0.3 is 12.0 Å². The molecule has 9 heteroatoms. The molecular formula is C17H24N2O7. The quantitative estimate of drug-likeness (QED) is 0.634. The third-order valence-corrected chi connectivity index (χ3v) is 3.04. The van der Waals surface area contributed by atoms with Crippen molar-refractivity contribution in [1.29, 1.82) is 0 Å². The van der Waals surface area contributed by atoms with Crippen molar-refractivity contribution in [3.63, 3.8) is 0 Å². The molecule has 0 fully saturated rings. The lowest BCUT2D eigenvalue weighted by atomic mass is 10.1. The molecule has 1 rings (SSSR count). The predicted molar refractivity (Wildman–Crippen MR) is 92.6 cm³/mol. The lowest BCUT2D eigenvalue weighted by molar-refractivity contribution is -0.127. The Morgan fingerprint density at radius 2 is 1.50 bits per heavy atom. The monoisotopic (exact) mass is 368 g/mol. The first-order valence-corrected chi connectivity index (χ1v) is 8.21. The highest BCUT2D eigenvalue weighted by Gasteiger charge is 2.23. The van der Waals surface area contributed by atoms with Gasteiger partial charge in [-0.1, -0.05) is 0 Å². The van der Waals surface area contributed by atoms with Gasteiger partial charge in [-0.3, -0.25) is 10.1 Å². The van der Waals surface area contributed by atoms with E-state index in [1.165, 1.54) is 19.1 Å². The zero-order chi connectivity index (χ0) is 19.7. The van der Waals surface area contributed by atoms with Gasteiger partial charge in [0.25, 0.3) is 5.91 Å². The van der Waals surface area contributed by atoms with Crippen LogP contribution in [0.3, 0.4) is 0 Å². The Morgan fingerprint density at radius 1 is 1.00 bits per heavy atom. The molecule has 0 saturated carbocycles. The van der Waals surface area contributed by atoms with Gasteiger partial charge < -0.3 is 24.7 Å². The van der Waals surface area contributed by atoms with Crippen LogP contribution in [0.1, 0.15) is 38.1 Å². The second-order valence-electron chi connectivity index (χ2n) is 5.00. The highest BCUT2D eigenvalue weighted by molar-refractivity contribution is 5.98. The first-order chi connectivity index (χ1) is 12.3. The van der Waals surface area contributed by atoms with Crippen molar-refractivity contribution in [2.45, 2.75) is 33.8 Å². The highest BCUT2D eigenvalue weighted by atomic mass is 16.6. The number of rotatable bonds is 9. The summed E-state index contributed by atoms with van der Waals surface area (Å²) in [5.74, 6) is -0.593. The van der Waals surface area contributed by atoms with Gasteiger partial charge in [-0.2, -0.15) is 0 Å². The van der Waals surface area contributed by atoms with E-state index in [2.05, 4.69) is 0 Å². The number of imide groups is 1. The van der Waals surface area contributed by atoms with Crippen molar-refractivity contribution >= 4 is 17.9 Å². The summed E-state index contributed by atoms with van der Waals surface area (Å²) in [6.07, 6.45) is -1.22. The third-order valence-electron chi connectivity index (χ3n) is 3.04. The van der Waals surface area contributed by atoms with Crippen LogP contribution in [-0.2, 0) is 9.53 Å². The Kier molecular flexibility index (Phi) is 8.20. The number of primary amides is 1. The Hall–Kier alpha value is -2.97. The minimum absolute atomic E-state index is 0.110. The van der Waals surface area contributed by atoms with Gasteiger partial charge in [-0.05, 0) is 39.8 Å². The van der Waals surface area contributed by atoms with E-state index >= 15 is 0 Å². The van der Waals surface area contributed by atoms with Crippen molar-refractivity contribution in [2.24, 2.45) is 5.73 Å². The number of esters is 1. The fourth-order valence-electron chi connectivity index (χ4n) is 2.01. The molecule has 144 valence electrons. The van der Waals surface area contributed by atoms with Gasteiger partial charge in [-0.15, -0.1) is 0 Å². The molecular weight excluding hydrogens is 344 g/mol. The van der Waals surface area contributed by atoms with Crippen molar-refractivity contribution in [1.82, 2.24) is 5.32 Å². The maximum Gasteiger partial charge on any atom is 0.339 e. The Balaban J connectivity index is 3.11. The molecule has 9 nitrogen and oxygen atoms in total. The zero-order valence-corrected chi connectivity index (χ0v) is 15.3. The topological polar surface area (TPSA) is 126 Å². The summed E-state index contributed by atoms with van der Waals surface area (Å²) in [4.78, 5) is 34.7. The second kappa shape index (κ2) is 10.1. The van der Waals surface area contributed by atoms with Crippen LogP contribution in [0.15, 0.2) is 12.1 Å². The summed E-state index contributed by atoms with van der Waals surface area (Å²) < 4.78 is 21.6. The summed E-state index contributed by atoms with van der Waals surface area (Å²) in [6, 6.07) is 1.85. The molecule has 0 aliphatic heterocycles. The molecule has 0 saturated heterocycles. The smallest absolute Gasteiger partial charge is 0.339 e. The highest BCUT2D eigenvalue weighted by Crippen LogP contribution is 2.39. The molecule has 0 spiro atoms. The molecule has 26 heavy (non-hydrogen) atoms. The fourth-order valence-corrected chi connectivity index (χ4v) is 2.01. The molecule has 1 aromatic rings. The molecule has 3 N–H and O–H groups in total. The van der Waals surface area contributed by atoms with Gasteiger partial charge in [0.15, 0.2) is 17.6 Å². The molecule has 0 radical (unpaired) electrons. The number of carbonyl (C=O) groups excluding carboxylic acids is 3. The summed E-state index contributed by atoms with van der Waals surface area (Å²) in [6.45, 7) is 7.79. The van der Waals surface area contributed by atoms with Crippen LogP contribution in [0.25, 0.3) is 0 Å². The lowest BCUT2D eigenvalue weighted by Crippen LogP contribution is -2.42. The number of ether oxygens (including phenoxy) is 4. The van der Waals surface area contributed by atoms with Gasteiger partial charge in [0.05, 0.1) is 25.4 Å². The van der Waals surface area contributed by atoms with E-state index < -0.39 is 24.0 Å². The molecule has 0 aromatic heterocycles. The van der Waals surface area contributed by atoms with Crippen molar-refractivity contribution in [2.75, 3.05) is 19.8 Å². The first-order valence-electron chi connectivity index (χ1n) is 8.21. The summed E-state index contributed by atoms with van der Waals surface area (Å²) >= 11 is 0. The van der Waals surface area contributed by atoms with E-state index in [0.29, 0.717) is 37.1 Å². The molecule has 3 amide bonds. The zero-order valence-electron chi connectivity index (χ0n) is 15.3. The number of nitrogens with one attached hydrogen (secondary N) is 1. The van der Waals surface area contributed by atoms with Gasteiger partial charge in [-0.25, -0.2) is 9.59 Å². The molecule has 1 aromatic carbocycles. The lowest BCUT2D eigenvalue weighted by Gasteiger charge is -2.17. The minimum atomic E-state index is -1.22. The number of hydrogen-bond donors (Lipinski definition) is 2.